The summed E-state index contributed by atoms with van der Waals surface area (Å²) in [5.74, 6) is 0. The predicted molar refractivity (Wildman–Crippen MR) is 62.7 cm³/mol. The Bertz CT molecular complexity index is 751. The van der Waals surface area contributed by atoms with Crippen molar-refractivity contribution < 1.29 is 0 Å². The maximum Gasteiger partial charge on any atom is 0.189 e. The number of hydrogen-bond acceptors (Lipinski definition) is 3. The van der Waals surface area contributed by atoms with Crippen LogP contribution in [0.15, 0.2) is 35.5 Å². The Morgan fingerprint density at radius 1 is 1.25 bits per heavy atom. The quantitative estimate of drug-likeness (QED) is 0.603. The van der Waals surface area contributed by atoms with Crippen LogP contribution in [-0.2, 0) is 0 Å². The summed E-state index contributed by atoms with van der Waals surface area (Å²) >= 11 is 6.17. The smallest absolute Gasteiger partial charge is 0.189 e. The second kappa shape index (κ2) is 3.28. The minimum Gasteiger partial charge on any atom is -0.357 e. The first kappa shape index (κ1) is 9.30. The van der Waals surface area contributed by atoms with E-state index in [2.05, 4.69) is 15.0 Å². The van der Waals surface area contributed by atoms with Crippen LogP contribution in [0.1, 0.15) is 0 Å². The Hall–Kier alpha value is -1.94. The van der Waals surface area contributed by atoms with Gasteiger partial charge in [-0.2, -0.15) is 0 Å². The van der Waals surface area contributed by atoms with Gasteiger partial charge >= 0.3 is 0 Å². The van der Waals surface area contributed by atoms with Crippen molar-refractivity contribution in [3.63, 3.8) is 0 Å². The maximum atomic E-state index is 11.6. The lowest BCUT2D eigenvalue weighted by molar-refractivity contribution is 1.29. The molecule has 3 aromatic rings. The van der Waals surface area contributed by atoms with Crippen LogP contribution in [-0.4, -0.2) is 15.0 Å². The number of halogens is 1. The summed E-state index contributed by atoms with van der Waals surface area (Å²) < 4.78 is 0. The Labute approximate surface area is 94.9 Å². The van der Waals surface area contributed by atoms with Crippen LogP contribution in [0, 0.1) is 0 Å². The summed E-state index contributed by atoms with van der Waals surface area (Å²) in [5.41, 5.74) is 1.75. The van der Waals surface area contributed by atoms with Crippen LogP contribution < -0.4 is 5.43 Å². The number of rotatable bonds is 0. The van der Waals surface area contributed by atoms with Crippen molar-refractivity contribution >= 4 is 33.5 Å². The topological polar surface area (TPSA) is 58.6 Å². The third kappa shape index (κ3) is 1.20. The van der Waals surface area contributed by atoms with Crippen LogP contribution in [0.5, 0.6) is 0 Å². The van der Waals surface area contributed by atoms with Crippen LogP contribution in [0.2, 0.25) is 5.02 Å². The number of benzene rings is 1. The number of nitrogens with zero attached hydrogens (tertiary/aromatic N) is 2. The maximum absolute atomic E-state index is 11.6. The van der Waals surface area contributed by atoms with E-state index in [4.69, 9.17) is 11.6 Å². The van der Waals surface area contributed by atoms with Gasteiger partial charge in [0.2, 0.25) is 0 Å². The van der Waals surface area contributed by atoms with E-state index in [1.807, 2.05) is 0 Å². The molecule has 2 aromatic heterocycles. The number of H-pyrrole nitrogens is 1. The number of aromatic nitrogens is 3. The summed E-state index contributed by atoms with van der Waals surface area (Å²) in [7, 11) is 0. The van der Waals surface area contributed by atoms with E-state index in [0.717, 1.165) is 0 Å². The highest BCUT2D eigenvalue weighted by Crippen LogP contribution is 2.26. The average Bonchev–Trinajstić information content (AvgIpc) is 2.31. The first-order chi connectivity index (χ1) is 7.77. The lowest BCUT2D eigenvalue weighted by Crippen LogP contribution is -2.01. The molecule has 0 atom stereocenters. The van der Waals surface area contributed by atoms with Crippen LogP contribution >= 0.6 is 11.6 Å². The molecule has 16 heavy (non-hydrogen) atoms. The van der Waals surface area contributed by atoms with E-state index in [1.54, 1.807) is 18.5 Å². The van der Waals surface area contributed by atoms with E-state index in [9.17, 15) is 4.79 Å². The molecule has 1 aromatic carbocycles. The molecule has 0 spiro atoms. The largest absolute Gasteiger partial charge is 0.357 e. The predicted octanol–water partition coefficient (Wildman–Crippen LogP) is 2.12. The zero-order valence-corrected chi connectivity index (χ0v) is 8.82. The molecular formula is C11H6ClN3O. The molecule has 2 heterocycles. The summed E-state index contributed by atoms with van der Waals surface area (Å²) in [6, 6.07) is 3.11. The lowest BCUT2D eigenvalue weighted by atomic mass is 10.2. The van der Waals surface area contributed by atoms with E-state index >= 15 is 0 Å². The Morgan fingerprint density at radius 2 is 2.12 bits per heavy atom. The van der Waals surface area contributed by atoms with Crippen molar-refractivity contribution in [2.24, 2.45) is 0 Å². The van der Waals surface area contributed by atoms with Gasteiger partial charge in [0.15, 0.2) is 5.43 Å². The summed E-state index contributed by atoms with van der Waals surface area (Å²) in [5, 5.41) is 0.922. The van der Waals surface area contributed by atoms with Crippen molar-refractivity contribution in [1.29, 1.82) is 0 Å². The molecule has 5 heteroatoms. The fourth-order valence-corrected chi connectivity index (χ4v) is 1.99. The molecule has 0 fully saturated rings. The van der Waals surface area contributed by atoms with Crippen molar-refractivity contribution in [2.75, 3.05) is 0 Å². The Kier molecular flexibility index (Phi) is 1.91. The average molecular weight is 232 g/mol. The van der Waals surface area contributed by atoms with E-state index in [-0.39, 0.29) is 5.43 Å². The molecular weight excluding hydrogens is 226 g/mol. The van der Waals surface area contributed by atoms with Crippen molar-refractivity contribution in [1.82, 2.24) is 15.0 Å². The summed E-state index contributed by atoms with van der Waals surface area (Å²) in [6.45, 7) is 0. The highest BCUT2D eigenvalue weighted by Gasteiger charge is 2.09. The molecule has 0 aliphatic carbocycles. The standard InChI is InChI=1S/C11H6ClN3O/c12-9-10-6(8(16)1-2-14-10)5-7-11(9)15-4-3-13-7/h1-5,15H. The van der Waals surface area contributed by atoms with E-state index in [0.29, 0.717) is 27.0 Å². The second-order valence-electron chi connectivity index (χ2n) is 3.38. The molecule has 78 valence electrons. The fraction of sp³-hybridized carbons (Fsp3) is 0. The van der Waals surface area contributed by atoms with Gasteiger partial charge in [-0.05, 0) is 6.07 Å². The van der Waals surface area contributed by atoms with Gasteiger partial charge in [0.05, 0.1) is 27.0 Å². The Morgan fingerprint density at radius 3 is 3.00 bits per heavy atom. The van der Waals surface area contributed by atoms with Crippen LogP contribution in [0.4, 0.5) is 0 Å². The van der Waals surface area contributed by atoms with Gasteiger partial charge in [-0.15, -0.1) is 0 Å². The summed E-state index contributed by atoms with van der Waals surface area (Å²) in [6.07, 6.45) is 4.76. The zero-order chi connectivity index (χ0) is 11.1. The molecule has 4 nitrogen and oxygen atoms in total. The number of pyridine rings is 1. The van der Waals surface area contributed by atoms with Gasteiger partial charge in [-0.25, -0.2) is 0 Å². The van der Waals surface area contributed by atoms with Gasteiger partial charge in [-0.1, -0.05) is 11.6 Å². The van der Waals surface area contributed by atoms with Gasteiger partial charge in [0.25, 0.3) is 0 Å². The van der Waals surface area contributed by atoms with E-state index < -0.39 is 0 Å². The third-order valence-corrected chi connectivity index (χ3v) is 2.80. The molecule has 1 N–H and O–H groups in total. The van der Waals surface area contributed by atoms with Gasteiger partial charge in [0.1, 0.15) is 0 Å². The van der Waals surface area contributed by atoms with Crippen molar-refractivity contribution in [3.05, 3.63) is 46.0 Å². The number of nitrogens with one attached hydrogen (secondary N) is 1. The lowest BCUT2D eigenvalue weighted by Gasteiger charge is -2.03. The van der Waals surface area contributed by atoms with Gasteiger partial charge in [0, 0.05) is 24.7 Å². The van der Waals surface area contributed by atoms with Crippen LogP contribution in [0.25, 0.3) is 21.9 Å². The minimum absolute atomic E-state index is 0.0977. The number of fused-ring (bicyclic) bond motifs is 2. The molecule has 0 aliphatic rings. The SMILES string of the molecule is O=c1ccnc2c(Cl)c3[nH]ccnc3cc12. The molecule has 0 radical (unpaired) electrons. The van der Waals surface area contributed by atoms with Crippen molar-refractivity contribution in [2.45, 2.75) is 0 Å². The highest BCUT2D eigenvalue weighted by molar-refractivity contribution is 6.39. The minimum atomic E-state index is -0.0977. The van der Waals surface area contributed by atoms with Crippen LogP contribution in [0.3, 0.4) is 0 Å². The molecule has 0 aliphatic heterocycles. The van der Waals surface area contributed by atoms with E-state index in [1.165, 1.54) is 12.3 Å². The second-order valence-corrected chi connectivity index (χ2v) is 3.76. The fourth-order valence-electron chi connectivity index (χ4n) is 1.69. The normalized spacial score (nSPS) is 11.1. The molecule has 0 saturated carbocycles. The number of hydrogen-bond donors (Lipinski definition) is 1. The zero-order valence-electron chi connectivity index (χ0n) is 8.07. The first-order valence-corrected chi connectivity index (χ1v) is 5.06. The molecule has 0 amide bonds. The third-order valence-electron chi connectivity index (χ3n) is 2.43. The van der Waals surface area contributed by atoms with Gasteiger partial charge in [-0.3, -0.25) is 14.8 Å². The monoisotopic (exact) mass is 231 g/mol. The number of aromatic amines is 1. The molecule has 3 rings (SSSR count). The summed E-state index contributed by atoms with van der Waals surface area (Å²) in [4.78, 5) is 22.9. The van der Waals surface area contributed by atoms with Crippen molar-refractivity contribution in [3.8, 4) is 0 Å². The molecule has 0 saturated heterocycles. The van der Waals surface area contributed by atoms with Gasteiger partial charge < -0.3 is 4.98 Å². The molecule has 0 unspecified atom stereocenters. The Balaban J connectivity index is 2.66. The highest BCUT2D eigenvalue weighted by atomic mass is 35.5. The first-order valence-electron chi connectivity index (χ1n) is 4.68. The molecule has 0 bridgehead atoms.